The van der Waals surface area contributed by atoms with Crippen LogP contribution in [0.5, 0.6) is 0 Å². The molecule has 128 valence electrons. The van der Waals surface area contributed by atoms with Crippen molar-refractivity contribution in [3.63, 3.8) is 0 Å². The SMILES string of the molecule is CCCCC(CC)CNC(=NC)NCCc1ncc(C)s1.I. The first-order valence-corrected chi connectivity index (χ1v) is 8.87. The third-order valence-electron chi connectivity index (χ3n) is 3.63. The van der Waals surface area contributed by atoms with Crippen LogP contribution in [-0.2, 0) is 6.42 Å². The molecule has 0 fully saturated rings. The van der Waals surface area contributed by atoms with E-state index >= 15 is 0 Å². The van der Waals surface area contributed by atoms with E-state index in [0.29, 0.717) is 0 Å². The number of hydrogen-bond donors (Lipinski definition) is 2. The van der Waals surface area contributed by atoms with Gasteiger partial charge in [0.15, 0.2) is 5.96 Å². The van der Waals surface area contributed by atoms with E-state index < -0.39 is 0 Å². The minimum Gasteiger partial charge on any atom is -0.356 e. The molecule has 0 amide bonds. The fourth-order valence-corrected chi connectivity index (χ4v) is 3.00. The number of nitrogens with one attached hydrogen (secondary N) is 2. The third kappa shape index (κ3) is 8.92. The molecule has 0 aliphatic heterocycles. The molecule has 0 spiro atoms. The lowest BCUT2D eigenvalue weighted by Gasteiger charge is -2.17. The maximum Gasteiger partial charge on any atom is 0.190 e. The van der Waals surface area contributed by atoms with Gasteiger partial charge in [-0.05, 0) is 19.3 Å². The van der Waals surface area contributed by atoms with Gasteiger partial charge in [-0.15, -0.1) is 35.3 Å². The number of hydrogen-bond acceptors (Lipinski definition) is 3. The van der Waals surface area contributed by atoms with Crippen LogP contribution < -0.4 is 10.6 Å². The molecule has 22 heavy (non-hydrogen) atoms. The number of thiazole rings is 1. The van der Waals surface area contributed by atoms with Crippen LogP contribution in [0.15, 0.2) is 11.2 Å². The molecule has 0 radical (unpaired) electrons. The van der Waals surface area contributed by atoms with Crippen LogP contribution in [0, 0.1) is 12.8 Å². The lowest BCUT2D eigenvalue weighted by molar-refractivity contribution is 0.444. The predicted molar refractivity (Wildman–Crippen MR) is 109 cm³/mol. The molecule has 1 atom stereocenters. The Labute approximate surface area is 156 Å². The van der Waals surface area contributed by atoms with Crippen molar-refractivity contribution in [3.8, 4) is 0 Å². The van der Waals surface area contributed by atoms with Gasteiger partial charge in [-0.2, -0.15) is 0 Å². The Morgan fingerprint density at radius 2 is 2.14 bits per heavy atom. The summed E-state index contributed by atoms with van der Waals surface area (Å²) in [5, 5.41) is 8.00. The van der Waals surface area contributed by atoms with Crippen molar-refractivity contribution < 1.29 is 0 Å². The van der Waals surface area contributed by atoms with E-state index in [0.717, 1.165) is 31.4 Å². The van der Waals surface area contributed by atoms with Gasteiger partial charge in [0, 0.05) is 37.6 Å². The zero-order valence-corrected chi connectivity index (χ0v) is 17.5. The van der Waals surface area contributed by atoms with Gasteiger partial charge in [-0.1, -0.05) is 33.1 Å². The highest BCUT2D eigenvalue weighted by Gasteiger charge is 2.07. The van der Waals surface area contributed by atoms with Gasteiger partial charge in [-0.25, -0.2) is 4.98 Å². The molecule has 0 saturated carbocycles. The molecule has 1 unspecified atom stereocenters. The average molecular weight is 438 g/mol. The first kappa shape index (κ1) is 21.6. The molecular weight excluding hydrogens is 407 g/mol. The van der Waals surface area contributed by atoms with Gasteiger partial charge >= 0.3 is 0 Å². The van der Waals surface area contributed by atoms with Crippen LogP contribution in [0.1, 0.15) is 49.4 Å². The first-order chi connectivity index (χ1) is 10.2. The molecule has 2 N–H and O–H groups in total. The normalized spacial score (nSPS) is 12.6. The molecule has 1 heterocycles. The summed E-state index contributed by atoms with van der Waals surface area (Å²) in [6.45, 7) is 8.49. The molecule has 0 bridgehead atoms. The zero-order chi connectivity index (χ0) is 15.5. The Morgan fingerprint density at radius 3 is 2.68 bits per heavy atom. The van der Waals surface area contributed by atoms with E-state index in [2.05, 4.69) is 41.4 Å². The standard InChI is InChI=1S/C16H30N4S.HI/c1-5-7-8-14(6-2)12-20-16(17-4)18-10-9-15-19-11-13(3)21-15;/h11,14H,5-10,12H2,1-4H3,(H2,17,18,20);1H. The lowest BCUT2D eigenvalue weighted by Crippen LogP contribution is -2.40. The Kier molecular flexibility index (Phi) is 12.9. The molecule has 0 aromatic carbocycles. The van der Waals surface area contributed by atoms with Crippen molar-refractivity contribution in [3.05, 3.63) is 16.1 Å². The molecule has 4 nitrogen and oxygen atoms in total. The summed E-state index contributed by atoms with van der Waals surface area (Å²) in [4.78, 5) is 9.94. The number of halogens is 1. The average Bonchev–Trinajstić information content (AvgIpc) is 2.91. The van der Waals surface area contributed by atoms with E-state index in [1.165, 1.54) is 35.6 Å². The molecule has 6 heteroatoms. The lowest BCUT2D eigenvalue weighted by atomic mass is 9.99. The zero-order valence-electron chi connectivity index (χ0n) is 14.3. The molecule has 0 aliphatic carbocycles. The van der Waals surface area contributed by atoms with E-state index in [1.807, 2.05) is 13.2 Å². The van der Waals surface area contributed by atoms with Crippen LogP contribution in [0.3, 0.4) is 0 Å². The highest BCUT2D eigenvalue weighted by atomic mass is 127. The summed E-state index contributed by atoms with van der Waals surface area (Å²) < 4.78 is 0. The summed E-state index contributed by atoms with van der Waals surface area (Å²) in [7, 11) is 1.83. The second kappa shape index (κ2) is 13.1. The highest BCUT2D eigenvalue weighted by Crippen LogP contribution is 2.12. The number of unbranched alkanes of at least 4 members (excludes halogenated alkanes) is 1. The van der Waals surface area contributed by atoms with Crippen LogP contribution in [0.25, 0.3) is 0 Å². The maximum absolute atomic E-state index is 4.38. The minimum atomic E-state index is 0. The Bertz CT molecular complexity index is 420. The smallest absolute Gasteiger partial charge is 0.190 e. The molecule has 1 aromatic rings. The van der Waals surface area contributed by atoms with Gasteiger partial charge in [0.05, 0.1) is 5.01 Å². The topological polar surface area (TPSA) is 49.3 Å². The van der Waals surface area contributed by atoms with Gasteiger partial charge < -0.3 is 10.6 Å². The van der Waals surface area contributed by atoms with E-state index in [-0.39, 0.29) is 24.0 Å². The molecule has 0 aliphatic rings. The first-order valence-electron chi connectivity index (χ1n) is 8.05. The summed E-state index contributed by atoms with van der Waals surface area (Å²) in [5.41, 5.74) is 0. The number of aryl methyl sites for hydroxylation is 1. The summed E-state index contributed by atoms with van der Waals surface area (Å²) in [6, 6.07) is 0. The highest BCUT2D eigenvalue weighted by molar-refractivity contribution is 14.0. The van der Waals surface area contributed by atoms with Crippen molar-refractivity contribution in [1.82, 2.24) is 15.6 Å². The summed E-state index contributed by atoms with van der Waals surface area (Å²) >= 11 is 1.77. The maximum atomic E-state index is 4.38. The third-order valence-corrected chi connectivity index (χ3v) is 4.60. The monoisotopic (exact) mass is 438 g/mol. The fourth-order valence-electron chi connectivity index (χ4n) is 2.21. The van der Waals surface area contributed by atoms with Crippen molar-refractivity contribution in [2.24, 2.45) is 10.9 Å². The number of aromatic nitrogens is 1. The number of rotatable bonds is 9. The van der Waals surface area contributed by atoms with Crippen molar-refractivity contribution in [2.45, 2.75) is 52.9 Å². The quantitative estimate of drug-likeness (QED) is 0.348. The molecule has 1 rings (SSSR count). The summed E-state index contributed by atoms with van der Waals surface area (Å²) in [5.74, 6) is 1.64. The second-order valence-electron chi connectivity index (χ2n) is 5.41. The van der Waals surface area contributed by atoms with Gasteiger partial charge in [0.2, 0.25) is 0 Å². The minimum absolute atomic E-state index is 0. The van der Waals surface area contributed by atoms with Crippen LogP contribution in [0.4, 0.5) is 0 Å². The molecule has 1 aromatic heterocycles. The Balaban J connectivity index is 0.00000441. The van der Waals surface area contributed by atoms with Crippen molar-refractivity contribution in [1.29, 1.82) is 0 Å². The fraction of sp³-hybridized carbons (Fsp3) is 0.750. The second-order valence-corrected chi connectivity index (χ2v) is 6.73. The number of guanidine groups is 1. The number of aliphatic imine (C=N–C) groups is 1. The Hall–Kier alpha value is -0.370. The van der Waals surface area contributed by atoms with Crippen LogP contribution in [-0.4, -0.2) is 31.1 Å². The van der Waals surface area contributed by atoms with Gasteiger partial charge in [-0.3, -0.25) is 4.99 Å². The van der Waals surface area contributed by atoms with Crippen LogP contribution in [0.2, 0.25) is 0 Å². The van der Waals surface area contributed by atoms with Crippen LogP contribution >= 0.6 is 35.3 Å². The molecule has 0 saturated heterocycles. The Morgan fingerprint density at radius 1 is 1.36 bits per heavy atom. The van der Waals surface area contributed by atoms with Gasteiger partial charge in [0.1, 0.15) is 0 Å². The van der Waals surface area contributed by atoms with Crippen molar-refractivity contribution >= 4 is 41.3 Å². The van der Waals surface area contributed by atoms with E-state index in [1.54, 1.807) is 11.3 Å². The molecular formula is C16H31IN4S. The van der Waals surface area contributed by atoms with E-state index in [4.69, 9.17) is 0 Å². The van der Waals surface area contributed by atoms with Gasteiger partial charge in [0.25, 0.3) is 0 Å². The number of nitrogens with zero attached hydrogens (tertiary/aromatic N) is 2. The summed E-state index contributed by atoms with van der Waals surface area (Å²) in [6.07, 6.45) is 8.00. The van der Waals surface area contributed by atoms with Crippen molar-refractivity contribution in [2.75, 3.05) is 20.1 Å². The predicted octanol–water partition coefficient (Wildman–Crippen LogP) is 3.99. The largest absolute Gasteiger partial charge is 0.356 e. The van der Waals surface area contributed by atoms with E-state index in [9.17, 15) is 0 Å².